The fraction of sp³-hybridized carbons (Fsp3) is 0.429. The molecule has 1 aromatic carbocycles. The number of pyridine rings is 1. The van der Waals surface area contributed by atoms with Gasteiger partial charge in [0, 0.05) is 38.2 Å². The summed E-state index contributed by atoms with van der Waals surface area (Å²) in [5.41, 5.74) is -2.13. The van der Waals surface area contributed by atoms with E-state index in [9.17, 15) is 31.1 Å². The first kappa shape index (κ1) is 22.3. The first-order chi connectivity index (χ1) is 14.1. The number of ether oxygens (including phenoxy) is 1. The Kier molecular flexibility index (Phi) is 6.50. The van der Waals surface area contributed by atoms with Crippen LogP contribution >= 0.6 is 0 Å². The number of alkyl halides is 6. The van der Waals surface area contributed by atoms with E-state index >= 15 is 0 Å². The van der Waals surface area contributed by atoms with Crippen molar-refractivity contribution in [2.24, 2.45) is 5.92 Å². The fourth-order valence-electron chi connectivity index (χ4n) is 3.59. The lowest BCUT2D eigenvalue weighted by Crippen LogP contribution is -2.18. The predicted molar refractivity (Wildman–Crippen MR) is 95.7 cm³/mol. The molecule has 1 aliphatic heterocycles. The van der Waals surface area contributed by atoms with Gasteiger partial charge in [-0.2, -0.15) is 26.3 Å². The Morgan fingerprint density at radius 1 is 1.07 bits per heavy atom. The van der Waals surface area contributed by atoms with Crippen molar-refractivity contribution in [3.63, 3.8) is 0 Å². The van der Waals surface area contributed by atoms with Gasteiger partial charge in [0.1, 0.15) is 5.78 Å². The third kappa shape index (κ3) is 5.38. The number of benzene rings is 1. The maximum Gasteiger partial charge on any atom is 0.418 e. The molecule has 1 aliphatic rings. The normalized spacial score (nSPS) is 18.4. The maximum atomic E-state index is 13.5. The van der Waals surface area contributed by atoms with Gasteiger partial charge in [0.2, 0.25) is 0 Å². The third-order valence-corrected chi connectivity index (χ3v) is 5.09. The molecule has 0 N–H and O–H groups in total. The number of ketones is 1. The molecule has 1 saturated heterocycles. The summed E-state index contributed by atoms with van der Waals surface area (Å²) < 4.78 is 84.4. The summed E-state index contributed by atoms with van der Waals surface area (Å²) in [6.45, 7) is 0.937. The molecule has 0 amide bonds. The van der Waals surface area contributed by atoms with Gasteiger partial charge < -0.3 is 4.74 Å². The molecule has 0 aliphatic carbocycles. The molecule has 2 heterocycles. The summed E-state index contributed by atoms with van der Waals surface area (Å²) in [6.07, 6.45) is -7.57. The van der Waals surface area contributed by atoms with Gasteiger partial charge in [-0.3, -0.25) is 9.78 Å². The van der Waals surface area contributed by atoms with Crippen molar-refractivity contribution in [3.8, 4) is 0 Å². The quantitative estimate of drug-likeness (QED) is 0.556. The van der Waals surface area contributed by atoms with Gasteiger partial charge >= 0.3 is 12.4 Å². The lowest BCUT2D eigenvalue weighted by molar-refractivity contribution is -0.139. The van der Waals surface area contributed by atoms with Crippen LogP contribution in [0.4, 0.5) is 26.3 Å². The molecule has 2 atom stereocenters. The van der Waals surface area contributed by atoms with E-state index < -0.39 is 29.4 Å². The second-order valence-electron chi connectivity index (χ2n) is 7.28. The summed E-state index contributed by atoms with van der Waals surface area (Å²) in [5, 5.41) is 0. The summed E-state index contributed by atoms with van der Waals surface area (Å²) in [6, 6.07) is 5.80. The number of nitrogens with zero attached hydrogens (tertiary/aromatic N) is 1. The molecule has 2 aromatic rings. The van der Waals surface area contributed by atoms with E-state index in [1.54, 1.807) is 0 Å². The van der Waals surface area contributed by atoms with Crippen LogP contribution in [0.15, 0.2) is 42.6 Å². The monoisotopic (exact) mass is 431 g/mol. The molecule has 3 rings (SSSR count). The Morgan fingerprint density at radius 3 is 2.33 bits per heavy atom. The minimum Gasteiger partial charge on any atom is -0.381 e. The Balaban J connectivity index is 1.96. The molecule has 1 fully saturated rings. The van der Waals surface area contributed by atoms with E-state index in [4.69, 9.17) is 4.74 Å². The molecule has 0 saturated carbocycles. The van der Waals surface area contributed by atoms with Crippen LogP contribution in [0.1, 0.15) is 47.6 Å². The first-order valence-corrected chi connectivity index (χ1v) is 9.34. The number of hydrogen-bond donors (Lipinski definition) is 0. The molecule has 0 radical (unpaired) electrons. The lowest BCUT2D eigenvalue weighted by atomic mass is 9.85. The fourth-order valence-corrected chi connectivity index (χ4v) is 3.59. The van der Waals surface area contributed by atoms with Crippen molar-refractivity contribution < 1.29 is 35.9 Å². The highest BCUT2D eigenvalue weighted by molar-refractivity contribution is 5.80. The van der Waals surface area contributed by atoms with Crippen LogP contribution in [0.5, 0.6) is 0 Å². The van der Waals surface area contributed by atoms with Gasteiger partial charge in [0.25, 0.3) is 0 Å². The smallest absolute Gasteiger partial charge is 0.381 e. The molecule has 30 heavy (non-hydrogen) atoms. The first-order valence-electron chi connectivity index (χ1n) is 9.34. The molecule has 3 nitrogen and oxygen atoms in total. The SMILES string of the molecule is O=C(CC1CCOC1)C[C@@H](c1ccc(C(F)(F)F)cc1)c1ncccc1C(F)(F)F. The molecular formula is C21H19F6NO2. The van der Waals surface area contributed by atoms with Crippen molar-refractivity contribution in [3.05, 3.63) is 65.0 Å². The lowest BCUT2D eigenvalue weighted by Gasteiger charge is -2.21. The minimum absolute atomic E-state index is 0.00317. The van der Waals surface area contributed by atoms with Gasteiger partial charge in [0.15, 0.2) is 0 Å². The molecular weight excluding hydrogens is 412 g/mol. The van der Waals surface area contributed by atoms with Crippen molar-refractivity contribution in [1.29, 1.82) is 0 Å². The number of Topliss-reactive ketones (excluding diaryl/α,β-unsaturated/α-hetero) is 1. The highest BCUT2D eigenvalue weighted by Gasteiger charge is 2.37. The molecule has 162 valence electrons. The topological polar surface area (TPSA) is 39.2 Å². The van der Waals surface area contributed by atoms with Crippen LogP contribution in [0.25, 0.3) is 0 Å². The van der Waals surface area contributed by atoms with Crippen molar-refractivity contribution in [1.82, 2.24) is 4.98 Å². The number of aromatic nitrogens is 1. The Morgan fingerprint density at radius 2 is 1.77 bits per heavy atom. The standard InChI is InChI=1S/C21H19F6NO2/c22-20(23,24)15-5-3-14(4-6-15)17(11-16(29)10-13-7-9-30-12-13)19-18(21(25,26)27)2-1-8-28-19/h1-6,8,13,17H,7,9-12H2/t13?,17-/m0/s1. The zero-order valence-corrected chi connectivity index (χ0v) is 15.8. The summed E-state index contributed by atoms with van der Waals surface area (Å²) in [5.74, 6) is -1.40. The molecule has 1 aromatic heterocycles. The highest BCUT2D eigenvalue weighted by Crippen LogP contribution is 2.39. The zero-order chi connectivity index (χ0) is 21.9. The Hall–Kier alpha value is -2.42. The van der Waals surface area contributed by atoms with Crippen LogP contribution in [0, 0.1) is 5.92 Å². The third-order valence-electron chi connectivity index (χ3n) is 5.09. The maximum absolute atomic E-state index is 13.5. The Labute approximate surface area is 169 Å². The molecule has 1 unspecified atom stereocenters. The van der Waals surface area contributed by atoms with Crippen molar-refractivity contribution >= 4 is 5.78 Å². The largest absolute Gasteiger partial charge is 0.418 e. The van der Waals surface area contributed by atoms with Crippen LogP contribution in [0.3, 0.4) is 0 Å². The summed E-state index contributed by atoms with van der Waals surface area (Å²) in [7, 11) is 0. The van der Waals surface area contributed by atoms with Crippen LogP contribution in [-0.2, 0) is 21.9 Å². The number of hydrogen-bond acceptors (Lipinski definition) is 3. The van der Waals surface area contributed by atoms with Gasteiger partial charge in [-0.15, -0.1) is 0 Å². The van der Waals surface area contributed by atoms with E-state index in [2.05, 4.69) is 4.98 Å². The van der Waals surface area contributed by atoms with Gasteiger partial charge in [0.05, 0.1) is 16.8 Å². The molecule has 9 heteroatoms. The van der Waals surface area contributed by atoms with Crippen LogP contribution < -0.4 is 0 Å². The van der Waals surface area contributed by atoms with E-state index in [0.29, 0.717) is 19.6 Å². The van der Waals surface area contributed by atoms with Crippen LogP contribution in [0.2, 0.25) is 0 Å². The number of carbonyl (C=O) groups is 1. The van der Waals surface area contributed by atoms with E-state index in [-0.39, 0.29) is 35.8 Å². The highest BCUT2D eigenvalue weighted by atomic mass is 19.4. The average Bonchev–Trinajstić information content (AvgIpc) is 3.18. The van der Waals surface area contributed by atoms with E-state index in [0.717, 1.165) is 36.4 Å². The van der Waals surface area contributed by atoms with Crippen molar-refractivity contribution in [2.75, 3.05) is 13.2 Å². The summed E-state index contributed by atoms with van der Waals surface area (Å²) >= 11 is 0. The predicted octanol–water partition coefficient (Wildman–Crippen LogP) is 5.64. The summed E-state index contributed by atoms with van der Waals surface area (Å²) in [4.78, 5) is 16.5. The van der Waals surface area contributed by atoms with E-state index in [1.165, 1.54) is 6.20 Å². The Bertz CT molecular complexity index is 870. The molecule has 0 spiro atoms. The number of rotatable bonds is 6. The minimum atomic E-state index is -4.71. The second kappa shape index (κ2) is 8.75. The number of halogens is 6. The van der Waals surface area contributed by atoms with Crippen LogP contribution in [-0.4, -0.2) is 24.0 Å². The van der Waals surface area contributed by atoms with Crippen molar-refractivity contribution in [2.45, 2.75) is 37.5 Å². The second-order valence-corrected chi connectivity index (χ2v) is 7.28. The zero-order valence-electron chi connectivity index (χ0n) is 15.8. The molecule has 0 bridgehead atoms. The van der Waals surface area contributed by atoms with Gasteiger partial charge in [-0.25, -0.2) is 0 Å². The average molecular weight is 431 g/mol. The van der Waals surface area contributed by atoms with E-state index in [1.807, 2.05) is 0 Å². The van der Waals surface area contributed by atoms with Gasteiger partial charge in [-0.05, 0) is 42.2 Å². The van der Waals surface area contributed by atoms with Gasteiger partial charge in [-0.1, -0.05) is 12.1 Å². The number of carbonyl (C=O) groups excluding carboxylic acids is 1.